The van der Waals surface area contributed by atoms with Crippen molar-refractivity contribution < 1.29 is 13.5 Å². The number of hydrogen-bond donors (Lipinski definition) is 2. The quantitative estimate of drug-likeness (QED) is 0.838. The van der Waals surface area contributed by atoms with Crippen LogP contribution in [0.5, 0.6) is 0 Å². The minimum atomic E-state index is -3.61. The van der Waals surface area contributed by atoms with E-state index >= 15 is 0 Å². The number of nitrogens with zero attached hydrogens (tertiary/aromatic N) is 2. The van der Waals surface area contributed by atoms with E-state index in [4.69, 9.17) is 0 Å². The Kier molecular flexibility index (Phi) is 3.81. The van der Waals surface area contributed by atoms with Crippen LogP contribution in [0.15, 0.2) is 34.8 Å². The van der Waals surface area contributed by atoms with Crippen LogP contribution in [0.25, 0.3) is 0 Å². The molecule has 2 heterocycles. The molecule has 0 saturated heterocycles. The van der Waals surface area contributed by atoms with Crippen LogP contribution in [0.3, 0.4) is 0 Å². The number of thiophene rings is 1. The first-order chi connectivity index (χ1) is 8.49. The van der Waals surface area contributed by atoms with Crippen molar-refractivity contribution in [2.24, 2.45) is 7.05 Å². The van der Waals surface area contributed by atoms with Gasteiger partial charge in [0.05, 0.1) is 6.20 Å². The van der Waals surface area contributed by atoms with Gasteiger partial charge < -0.3 is 5.11 Å². The van der Waals surface area contributed by atoms with Gasteiger partial charge in [-0.05, 0) is 11.4 Å². The van der Waals surface area contributed by atoms with Gasteiger partial charge in [-0.2, -0.15) is 5.10 Å². The van der Waals surface area contributed by atoms with Crippen molar-refractivity contribution in [3.8, 4) is 0 Å². The van der Waals surface area contributed by atoms with Gasteiger partial charge in [0.15, 0.2) is 0 Å². The molecule has 0 radical (unpaired) electrons. The fourth-order valence-corrected chi connectivity index (χ4v) is 3.12. The molecule has 0 aliphatic rings. The van der Waals surface area contributed by atoms with Crippen LogP contribution in [0.2, 0.25) is 0 Å². The maximum Gasteiger partial charge on any atom is 0.243 e. The first-order valence-electron chi connectivity index (χ1n) is 5.19. The Balaban J connectivity index is 2.02. The zero-order valence-corrected chi connectivity index (χ0v) is 11.3. The highest BCUT2D eigenvalue weighted by atomic mass is 32.2. The normalized spacial score (nSPS) is 13.7. The zero-order valence-electron chi connectivity index (χ0n) is 9.65. The third kappa shape index (κ3) is 2.96. The van der Waals surface area contributed by atoms with Crippen molar-refractivity contribution >= 4 is 21.4 Å². The van der Waals surface area contributed by atoms with Gasteiger partial charge in [-0.15, -0.1) is 11.3 Å². The molecule has 0 unspecified atom stereocenters. The van der Waals surface area contributed by atoms with Crippen molar-refractivity contribution in [1.29, 1.82) is 0 Å². The molecule has 0 amide bonds. The Morgan fingerprint density at radius 3 is 2.94 bits per heavy atom. The molecule has 98 valence electrons. The van der Waals surface area contributed by atoms with E-state index in [1.165, 1.54) is 28.4 Å². The third-order valence-corrected chi connectivity index (χ3v) is 4.68. The average molecular weight is 287 g/mol. The molecule has 2 aromatic heterocycles. The standard InChI is InChI=1S/C10H13N3O3S2/c1-13-7-8(5-11-13)18(15,16)12-6-9(14)10-3-2-4-17-10/h2-5,7,9,12,14H,6H2,1H3/t9-/m1/s1. The summed E-state index contributed by atoms with van der Waals surface area (Å²) >= 11 is 1.38. The van der Waals surface area contributed by atoms with Crippen LogP contribution >= 0.6 is 11.3 Å². The molecule has 0 spiro atoms. The van der Waals surface area contributed by atoms with Crippen molar-refractivity contribution in [2.45, 2.75) is 11.0 Å². The minimum absolute atomic E-state index is 0.0578. The van der Waals surface area contributed by atoms with Crippen LogP contribution in [0, 0.1) is 0 Å². The number of aliphatic hydroxyl groups is 1. The molecule has 2 aromatic rings. The Bertz CT molecular complexity index is 604. The minimum Gasteiger partial charge on any atom is -0.386 e. The van der Waals surface area contributed by atoms with Crippen LogP contribution in [-0.2, 0) is 17.1 Å². The van der Waals surface area contributed by atoms with Crippen molar-refractivity contribution in [3.05, 3.63) is 34.8 Å². The van der Waals surface area contributed by atoms with E-state index in [1.807, 2.05) is 5.38 Å². The lowest BCUT2D eigenvalue weighted by Crippen LogP contribution is -2.28. The van der Waals surface area contributed by atoms with Gasteiger partial charge in [0, 0.05) is 24.7 Å². The highest BCUT2D eigenvalue weighted by Gasteiger charge is 2.18. The van der Waals surface area contributed by atoms with Crippen LogP contribution < -0.4 is 4.72 Å². The monoisotopic (exact) mass is 287 g/mol. The summed E-state index contributed by atoms with van der Waals surface area (Å²) in [4.78, 5) is 0.812. The number of sulfonamides is 1. The van der Waals surface area contributed by atoms with E-state index in [-0.39, 0.29) is 11.4 Å². The van der Waals surface area contributed by atoms with E-state index in [0.717, 1.165) is 4.88 Å². The highest BCUT2D eigenvalue weighted by Crippen LogP contribution is 2.18. The van der Waals surface area contributed by atoms with E-state index in [2.05, 4.69) is 9.82 Å². The lowest BCUT2D eigenvalue weighted by molar-refractivity contribution is 0.186. The molecular formula is C10H13N3O3S2. The van der Waals surface area contributed by atoms with E-state index in [0.29, 0.717) is 0 Å². The summed E-state index contributed by atoms with van der Waals surface area (Å²) in [5.74, 6) is 0. The molecule has 0 fully saturated rings. The molecule has 8 heteroatoms. The largest absolute Gasteiger partial charge is 0.386 e. The molecule has 2 N–H and O–H groups in total. The van der Waals surface area contributed by atoms with Gasteiger partial charge in [0.25, 0.3) is 0 Å². The van der Waals surface area contributed by atoms with E-state index < -0.39 is 16.1 Å². The highest BCUT2D eigenvalue weighted by molar-refractivity contribution is 7.89. The molecular weight excluding hydrogens is 274 g/mol. The summed E-state index contributed by atoms with van der Waals surface area (Å²) in [6.45, 7) is -0.0578. The van der Waals surface area contributed by atoms with Gasteiger partial charge >= 0.3 is 0 Å². The van der Waals surface area contributed by atoms with Gasteiger partial charge in [0.1, 0.15) is 11.0 Å². The maximum absolute atomic E-state index is 11.8. The third-order valence-electron chi connectivity index (χ3n) is 2.33. The Morgan fingerprint density at radius 1 is 1.61 bits per heavy atom. The number of aliphatic hydroxyl groups excluding tert-OH is 1. The van der Waals surface area contributed by atoms with E-state index in [1.54, 1.807) is 19.2 Å². The molecule has 1 atom stereocenters. The number of hydrogen-bond acceptors (Lipinski definition) is 5. The molecule has 18 heavy (non-hydrogen) atoms. The SMILES string of the molecule is Cn1cc(S(=O)(=O)NC[C@@H](O)c2cccs2)cn1. The van der Waals surface area contributed by atoms with Gasteiger partial charge in [-0.25, -0.2) is 13.1 Å². The molecule has 2 rings (SSSR count). The summed E-state index contributed by atoms with van der Waals surface area (Å²) in [5.41, 5.74) is 0. The second-order valence-corrected chi connectivity index (χ2v) is 6.48. The Hall–Kier alpha value is -1.22. The predicted octanol–water partition coefficient (Wildman–Crippen LogP) is 0.493. The molecule has 0 aliphatic carbocycles. The fraction of sp³-hybridized carbons (Fsp3) is 0.300. The van der Waals surface area contributed by atoms with Crippen LogP contribution in [0.1, 0.15) is 11.0 Å². The Morgan fingerprint density at radius 2 is 2.39 bits per heavy atom. The zero-order chi connectivity index (χ0) is 13.2. The van der Waals surface area contributed by atoms with Crippen molar-refractivity contribution in [1.82, 2.24) is 14.5 Å². The smallest absolute Gasteiger partial charge is 0.243 e. The predicted molar refractivity (Wildman–Crippen MR) is 67.7 cm³/mol. The summed E-state index contributed by atoms with van der Waals surface area (Å²) in [7, 11) is -1.98. The number of aryl methyl sites for hydroxylation is 1. The second-order valence-electron chi connectivity index (χ2n) is 3.73. The Labute approximate surface area is 109 Å². The van der Waals surface area contributed by atoms with Crippen molar-refractivity contribution in [2.75, 3.05) is 6.54 Å². The van der Waals surface area contributed by atoms with Gasteiger partial charge in [0.2, 0.25) is 10.0 Å². The van der Waals surface area contributed by atoms with Crippen LogP contribution in [0.4, 0.5) is 0 Å². The lowest BCUT2D eigenvalue weighted by atomic mass is 10.3. The molecule has 0 bridgehead atoms. The van der Waals surface area contributed by atoms with Crippen molar-refractivity contribution in [3.63, 3.8) is 0 Å². The molecule has 0 aliphatic heterocycles. The van der Waals surface area contributed by atoms with Gasteiger partial charge in [-0.1, -0.05) is 6.07 Å². The number of rotatable bonds is 5. The van der Waals surface area contributed by atoms with Crippen LogP contribution in [-0.4, -0.2) is 29.8 Å². The van der Waals surface area contributed by atoms with Gasteiger partial charge in [-0.3, -0.25) is 4.68 Å². The fourth-order valence-electron chi connectivity index (χ4n) is 1.39. The second kappa shape index (κ2) is 5.19. The lowest BCUT2D eigenvalue weighted by Gasteiger charge is -2.09. The average Bonchev–Trinajstić information content (AvgIpc) is 2.96. The maximum atomic E-state index is 11.8. The number of nitrogens with one attached hydrogen (secondary N) is 1. The molecule has 6 nitrogen and oxygen atoms in total. The topological polar surface area (TPSA) is 84.2 Å². The summed E-state index contributed by atoms with van der Waals surface area (Å²) in [5, 5.41) is 15.4. The molecule has 0 aromatic carbocycles. The molecule has 0 saturated carbocycles. The first kappa shape index (κ1) is 13.2. The van der Waals surface area contributed by atoms with E-state index in [9.17, 15) is 13.5 Å². The number of aromatic nitrogens is 2. The summed E-state index contributed by atoms with van der Waals surface area (Å²) in [6.07, 6.45) is 1.83. The summed E-state index contributed by atoms with van der Waals surface area (Å²) in [6, 6.07) is 3.56. The first-order valence-corrected chi connectivity index (χ1v) is 7.55. The summed E-state index contributed by atoms with van der Waals surface area (Å²) < 4.78 is 27.5.